The van der Waals surface area contributed by atoms with Crippen LogP contribution in [0, 0.1) is 10.1 Å². The summed E-state index contributed by atoms with van der Waals surface area (Å²) in [5.41, 5.74) is 0.198. The lowest BCUT2D eigenvalue weighted by Gasteiger charge is -2.13. The number of imide groups is 1. The van der Waals surface area contributed by atoms with E-state index in [2.05, 4.69) is 0 Å². The van der Waals surface area contributed by atoms with Gasteiger partial charge >= 0.3 is 0 Å². The topological polar surface area (TPSA) is 80.5 Å². The van der Waals surface area contributed by atoms with Gasteiger partial charge in [-0.3, -0.25) is 19.7 Å². The summed E-state index contributed by atoms with van der Waals surface area (Å²) in [7, 11) is 0. The number of carbonyl (C=O) groups excluding carboxylic acids is 2. The number of benzene rings is 1. The van der Waals surface area contributed by atoms with Crippen LogP contribution in [0.2, 0.25) is 0 Å². The molecule has 0 aromatic heterocycles. The molecule has 0 radical (unpaired) electrons. The summed E-state index contributed by atoms with van der Waals surface area (Å²) in [6.07, 6.45) is -0.0443. The SMILES string of the molecule is O=C1CC(Cl)C(=O)N1c1ccc([N+](=O)[O-])cc1. The molecule has 0 saturated carbocycles. The van der Waals surface area contributed by atoms with Crippen molar-refractivity contribution in [1.82, 2.24) is 0 Å². The summed E-state index contributed by atoms with van der Waals surface area (Å²) < 4.78 is 0. The molecule has 88 valence electrons. The van der Waals surface area contributed by atoms with Crippen molar-refractivity contribution in [2.24, 2.45) is 0 Å². The van der Waals surface area contributed by atoms with Gasteiger partial charge in [0, 0.05) is 12.1 Å². The third kappa shape index (κ3) is 1.99. The van der Waals surface area contributed by atoms with E-state index >= 15 is 0 Å². The van der Waals surface area contributed by atoms with E-state index in [4.69, 9.17) is 11.6 Å². The Morgan fingerprint density at radius 3 is 2.29 bits per heavy atom. The van der Waals surface area contributed by atoms with Gasteiger partial charge in [0.25, 0.3) is 11.6 Å². The number of alkyl halides is 1. The lowest BCUT2D eigenvalue weighted by molar-refractivity contribution is -0.384. The van der Waals surface area contributed by atoms with Crippen molar-refractivity contribution in [2.45, 2.75) is 11.8 Å². The summed E-state index contributed by atoms with van der Waals surface area (Å²) in [4.78, 5) is 33.9. The zero-order valence-electron chi connectivity index (χ0n) is 8.50. The van der Waals surface area contributed by atoms with E-state index in [1.54, 1.807) is 0 Å². The summed E-state index contributed by atoms with van der Waals surface area (Å²) in [6.45, 7) is 0. The van der Waals surface area contributed by atoms with Crippen LogP contribution in [0.25, 0.3) is 0 Å². The van der Waals surface area contributed by atoms with Gasteiger partial charge in [-0.2, -0.15) is 0 Å². The molecule has 6 nitrogen and oxygen atoms in total. The van der Waals surface area contributed by atoms with Crippen LogP contribution in [0.4, 0.5) is 11.4 Å². The Morgan fingerprint density at radius 2 is 1.88 bits per heavy atom. The average molecular weight is 255 g/mol. The van der Waals surface area contributed by atoms with E-state index < -0.39 is 22.1 Å². The minimum absolute atomic E-state index is 0.0443. The number of hydrogen-bond donors (Lipinski definition) is 0. The molecule has 0 spiro atoms. The van der Waals surface area contributed by atoms with Crippen molar-refractivity contribution in [1.29, 1.82) is 0 Å². The molecule has 0 bridgehead atoms. The molecule has 2 rings (SSSR count). The highest BCUT2D eigenvalue weighted by atomic mass is 35.5. The second kappa shape index (κ2) is 4.14. The van der Waals surface area contributed by atoms with Crippen molar-refractivity contribution in [3.05, 3.63) is 34.4 Å². The summed E-state index contributed by atoms with van der Waals surface area (Å²) >= 11 is 5.66. The predicted octanol–water partition coefficient (Wildman–Crippen LogP) is 1.47. The van der Waals surface area contributed by atoms with Crippen LogP contribution in [0.3, 0.4) is 0 Å². The number of nitro groups is 1. The average Bonchev–Trinajstić information content (AvgIpc) is 2.53. The van der Waals surface area contributed by atoms with Gasteiger partial charge < -0.3 is 0 Å². The van der Waals surface area contributed by atoms with Crippen LogP contribution in [0.1, 0.15) is 6.42 Å². The molecular formula is C10H7ClN2O4. The second-order valence-corrected chi connectivity index (χ2v) is 4.04. The number of nitrogens with zero attached hydrogens (tertiary/aromatic N) is 2. The Kier molecular flexibility index (Phi) is 2.81. The van der Waals surface area contributed by atoms with Crippen LogP contribution in [-0.4, -0.2) is 22.1 Å². The van der Waals surface area contributed by atoms with E-state index in [0.29, 0.717) is 5.69 Å². The van der Waals surface area contributed by atoms with Crippen molar-refractivity contribution in [3.8, 4) is 0 Å². The second-order valence-electron chi connectivity index (χ2n) is 3.51. The maximum atomic E-state index is 11.6. The smallest absolute Gasteiger partial charge is 0.269 e. The molecule has 17 heavy (non-hydrogen) atoms. The molecule has 7 heteroatoms. The highest BCUT2D eigenvalue weighted by Gasteiger charge is 2.38. The van der Waals surface area contributed by atoms with Gasteiger partial charge in [0.15, 0.2) is 0 Å². The standard InChI is InChI=1S/C10H7ClN2O4/c11-8-5-9(14)12(10(8)15)6-1-3-7(4-2-6)13(16)17/h1-4,8H,5H2. The predicted molar refractivity (Wildman–Crippen MR) is 59.8 cm³/mol. The van der Waals surface area contributed by atoms with Gasteiger partial charge in [-0.05, 0) is 12.1 Å². The van der Waals surface area contributed by atoms with Crippen molar-refractivity contribution in [3.63, 3.8) is 0 Å². The van der Waals surface area contributed by atoms with Crippen LogP contribution < -0.4 is 4.90 Å². The normalized spacial score (nSPS) is 19.8. The lowest BCUT2D eigenvalue weighted by Crippen LogP contribution is -2.30. The molecular weight excluding hydrogens is 248 g/mol. The van der Waals surface area contributed by atoms with Crippen LogP contribution in [-0.2, 0) is 9.59 Å². The highest BCUT2D eigenvalue weighted by Crippen LogP contribution is 2.26. The van der Waals surface area contributed by atoms with E-state index in [1.165, 1.54) is 24.3 Å². The monoisotopic (exact) mass is 254 g/mol. The molecule has 1 aliphatic rings. The molecule has 1 aromatic carbocycles. The molecule has 1 fully saturated rings. The number of amides is 2. The molecule has 1 aliphatic heterocycles. The maximum absolute atomic E-state index is 11.6. The first kappa shape index (κ1) is 11.5. The van der Waals surface area contributed by atoms with Gasteiger partial charge in [-0.15, -0.1) is 11.6 Å². The molecule has 1 saturated heterocycles. The van der Waals surface area contributed by atoms with E-state index in [-0.39, 0.29) is 12.1 Å². The first-order valence-electron chi connectivity index (χ1n) is 4.76. The molecule has 1 heterocycles. The van der Waals surface area contributed by atoms with Crippen molar-refractivity contribution < 1.29 is 14.5 Å². The third-order valence-corrected chi connectivity index (χ3v) is 2.75. The number of carbonyl (C=O) groups is 2. The number of anilines is 1. The van der Waals surface area contributed by atoms with E-state index in [0.717, 1.165) is 4.90 Å². The van der Waals surface area contributed by atoms with Crippen molar-refractivity contribution in [2.75, 3.05) is 4.90 Å². The van der Waals surface area contributed by atoms with E-state index in [9.17, 15) is 19.7 Å². The fourth-order valence-electron chi connectivity index (χ4n) is 1.59. The van der Waals surface area contributed by atoms with Gasteiger partial charge in [0.05, 0.1) is 17.0 Å². The Morgan fingerprint density at radius 1 is 1.29 bits per heavy atom. The number of non-ortho nitro benzene ring substituents is 1. The fraction of sp³-hybridized carbons (Fsp3) is 0.200. The molecule has 1 aromatic rings. The lowest BCUT2D eigenvalue weighted by atomic mass is 10.2. The molecule has 0 aliphatic carbocycles. The minimum Gasteiger partial charge on any atom is -0.274 e. The quantitative estimate of drug-likeness (QED) is 0.346. The Bertz CT molecular complexity index is 500. The molecule has 2 amide bonds. The highest BCUT2D eigenvalue weighted by molar-refractivity contribution is 6.40. The van der Waals surface area contributed by atoms with Crippen molar-refractivity contribution >= 4 is 34.8 Å². The maximum Gasteiger partial charge on any atom is 0.269 e. The number of rotatable bonds is 2. The zero-order valence-corrected chi connectivity index (χ0v) is 9.26. The Labute approximate surface area is 101 Å². The Balaban J connectivity index is 2.32. The number of halogens is 1. The Hall–Kier alpha value is -1.95. The fourth-order valence-corrected chi connectivity index (χ4v) is 1.82. The molecule has 1 atom stereocenters. The molecule has 1 unspecified atom stereocenters. The van der Waals surface area contributed by atoms with Gasteiger partial charge in [0.1, 0.15) is 5.38 Å². The van der Waals surface area contributed by atoms with Crippen LogP contribution in [0.5, 0.6) is 0 Å². The van der Waals surface area contributed by atoms with E-state index in [1.807, 2.05) is 0 Å². The first-order chi connectivity index (χ1) is 8.00. The largest absolute Gasteiger partial charge is 0.274 e. The minimum atomic E-state index is -0.849. The summed E-state index contributed by atoms with van der Waals surface area (Å²) in [5.74, 6) is -0.894. The first-order valence-corrected chi connectivity index (χ1v) is 5.19. The third-order valence-electron chi connectivity index (χ3n) is 2.41. The number of hydrogen-bond acceptors (Lipinski definition) is 4. The number of nitro benzene ring substituents is 1. The van der Waals surface area contributed by atoms with Gasteiger partial charge in [-0.1, -0.05) is 0 Å². The summed E-state index contributed by atoms with van der Waals surface area (Å²) in [5, 5.41) is 9.60. The van der Waals surface area contributed by atoms with Crippen LogP contribution in [0.15, 0.2) is 24.3 Å². The van der Waals surface area contributed by atoms with Gasteiger partial charge in [0.2, 0.25) is 5.91 Å². The zero-order chi connectivity index (χ0) is 12.6. The molecule has 0 N–H and O–H groups in total. The van der Waals surface area contributed by atoms with Crippen LogP contribution >= 0.6 is 11.6 Å². The summed E-state index contributed by atoms with van der Waals surface area (Å²) in [6, 6.07) is 5.17. The van der Waals surface area contributed by atoms with Gasteiger partial charge in [-0.25, -0.2) is 4.90 Å².